The minimum atomic E-state index is -3.57. The Morgan fingerprint density at radius 3 is 2.62 bits per heavy atom. The van der Waals surface area contributed by atoms with Gasteiger partial charge in [-0.2, -0.15) is 0 Å². The number of benzene rings is 2. The van der Waals surface area contributed by atoms with Crippen LogP contribution in [0.15, 0.2) is 71.9 Å². The van der Waals surface area contributed by atoms with Crippen molar-refractivity contribution in [3.63, 3.8) is 0 Å². The summed E-state index contributed by atoms with van der Waals surface area (Å²) in [6.07, 6.45) is 3.25. The van der Waals surface area contributed by atoms with Gasteiger partial charge in [-0.15, -0.1) is 0 Å². The lowest BCUT2D eigenvalue weighted by molar-refractivity contribution is 0.314. The normalized spacial score (nSPS) is 11.5. The van der Waals surface area contributed by atoms with Crippen LogP contribution in [0.4, 0.5) is 0 Å². The van der Waals surface area contributed by atoms with Crippen LogP contribution in [-0.2, 0) is 10.0 Å². The average molecular weight is 371 g/mol. The Morgan fingerprint density at radius 1 is 0.923 bits per heavy atom. The number of fused-ring (bicyclic) bond motifs is 1. The highest BCUT2D eigenvalue weighted by Crippen LogP contribution is 2.21. The Hall–Kier alpha value is -2.48. The first-order valence-corrected chi connectivity index (χ1v) is 9.86. The molecule has 0 aliphatic rings. The van der Waals surface area contributed by atoms with Gasteiger partial charge in [0.15, 0.2) is 0 Å². The molecule has 0 saturated carbocycles. The van der Waals surface area contributed by atoms with Crippen molar-refractivity contribution in [1.82, 2.24) is 15.0 Å². The molecule has 0 atom stereocenters. The van der Waals surface area contributed by atoms with Gasteiger partial charge in [0.2, 0.25) is 10.0 Å². The number of aromatic nitrogens is 1. The monoisotopic (exact) mass is 371 g/mol. The summed E-state index contributed by atoms with van der Waals surface area (Å²) in [5, 5.41) is 4.62. The standard InChI is InChI=1S/C19H21N3O3S/c23-26(24,19-8-4-5-16-15-21-10-9-18(16)19)22-12-11-20-13-14-25-17-6-2-1-3-7-17/h1-10,15,20,22H,11-14H2. The second-order valence-corrected chi connectivity index (χ2v) is 7.40. The molecule has 7 heteroatoms. The molecular formula is C19H21N3O3S. The summed E-state index contributed by atoms with van der Waals surface area (Å²) in [4.78, 5) is 4.29. The van der Waals surface area contributed by atoms with Gasteiger partial charge >= 0.3 is 0 Å². The van der Waals surface area contributed by atoms with Gasteiger partial charge in [0.25, 0.3) is 0 Å². The van der Waals surface area contributed by atoms with Crippen LogP contribution in [0.3, 0.4) is 0 Å². The van der Waals surface area contributed by atoms with Gasteiger partial charge in [-0.1, -0.05) is 30.3 Å². The molecule has 0 spiro atoms. The predicted octanol–water partition coefficient (Wildman–Crippen LogP) is 2.18. The van der Waals surface area contributed by atoms with Crippen molar-refractivity contribution in [2.24, 2.45) is 0 Å². The summed E-state index contributed by atoms with van der Waals surface area (Å²) in [5.74, 6) is 0.820. The number of para-hydroxylation sites is 1. The molecule has 0 aliphatic carbocycles. The van der Waals surface area contributed by atoms with E-state index >= 15 is 0 Å². The zero-order valence-corrected chi connectivity index (χ0v) is 15.1. The predicted molar refractivity (Wildman–Crippen MR) is 102 cm³/mol. The number of rotatable bonds is 9. The molecule has 1 heterocycles. The number of nitrogens with zero attached hydrogens (tertiary/aromatic N) is 1. The molecule has 0 fully saturated rings. The van der Waals surface area contributed by atoms with Crippen LogP contribution in [0.1, 0.15) is 0 Å². The summed E-state index contributed by atoms with van der Waals surface area (Å²) in [5.41, 5.74) is 0. The maximum Gasteiger partial charge on any atom is 0.241 e. The molecule has 26 heavy (non-hydrogen) atoms. The first-order valence-electron chi connectivity index (χ1n) is 8.38. The molecule has 3 rings (SSSR count). The summed E-state index contributed by atoms with van der Waals surface area (Å²) in [6, 6.07) is 16.4. The molecule has 2 N–H and O–H groups in total. The Balaban J connectivity index is 1.45. The molecule has 0 amide bonds. The van der Waals surface area contributed by atoms with E-state index in [0.29, 0.717) is 31.6 Å². The Kier molecular flexibility index (Phi) is 6.17. The second kappa shape index (κ2) is 8.75. The summed E-state index contributed by atoms with van der Waals surface area (Å²) in [6.45, 7) is 1.97. The van der Waals surface area contributed by atoms with E-state index in [2.05, 4.69) is 15.0 Å². The molecule has 136 valence electrons. The zero-order chi connectivity index (χ0) is 18.2. The number of nitrogens with one attached hydrogen (secondary N) is 2. The van der Waals surface area contributed by atoms with E-state index in [-0.39, 0.29) is 4.90 Å². The average Bonchev–Trinajstić information content (AvgIpc) is 2.67. The minimum Gasteiger partial charge on any atom is -0.492 e. The van der Waals surface area contributed by atoms with Gasteiger partial charge < -0.3 is 10.1 Å². The molecular weight excluding hydrogens is 350 g/mol. The number of sulfonamides is 1. The lowest BCUT2D eigenvalue weighted by Crippen LogP contribution is -2.33. The Morgan fingerprint density at radius 2 is 1.77 bits per heavy atom. The van der Waals surface area contributed by atoms with Crippen molar-refractivity contribution in [3.05, 3.63) is 67.0 Å². The van der Waals surface area contributed by atoms with Gasteiger partial charge in [0, 0.05) is 42.8 Å². The SMILES string of the molecule is O=S(=O)(NCCNCCOc1ccccc1)c1cccc2cnccc12. The largest absolute Gasteiger partial charge is 0.492 e. The molecule has 0 unspecified atom stereocenters. The van der Waals surface area contributed by atoms with Gasteiger partial charge in [-0.3, -0.25) is 4.98 Å². The van der Waals surface area contributed by atoms with Gasteiger partial charge in [0.1, 0.15) is 12.4 Å². The lowest BCUT2D eigenvalue weighted by atomic mass is 10.2. The van der Waals surface area contributed by atoms with Gasteiger partial charge in [-0.25, -0.2) is 13.1 Å². The Bertz CT molecular complexity index is 941. The number of pyridine rings is 1. The van der Waals surface area contributed by atoms with E-state index in [4.69, 9.17) is 4.74 Å². The number of hydrogen-bond acceptors (Lipinski definition) is 5. The first kappa shape index (κ1) is 18.3. The van der Waals surface area contributed by atoms with E-state index in [1.165, 1.54) is 0 Å². The van der Waals surface area contributed by atoms with Crippen LogP contribution < -0.4 is 14.8 Å². The third kappa shape index (κ3) is 4.78. The van der Waals surface area contributed by atoms with E-state index < -0.39 is 10.0 Å². The number of ether oxygens (including phenoxy) is 1. The molecule has 0 saturated heterocycles. The van der Waals surface area contributed by atoms with Crippen molar-refractivity contribution < 1.29 is 13.2 Å². The summed E-state index contributed by atoms with van der Waals surface area (Å²) >= 11 is 0. The highest BCUT2D eigenvalue weighted by molar-refractivity contribution is 7.89. The maximum atomic E-state index is 12.5. The summed E-state index contributed by atoms with van der Waals surface area (Å²) < 4.78 is 33.3. The molecule has 2 aromatic carbocycles. The van der Waals surface area contributed by atoms with Gasteiger partial charge in [0.05, 0.1) is 4.90 Å². The molecule has 6 nitrogen and oxygen atoms in total. The van der Waals surface area contributed by atoms with Crippen molar-refractivity contribution in [2.45, 2.75) is 4.90 Å². The smallest absolute Gasteiger partial charge is 0.241 e. The fourth-order valence-electron chi connectivity index (χ4n) is 2.56. The molecule has 1 aromatic heterocycles. The first-order chi connectivity index (χ1) is 12.7. The maximum absolute atomic E-state index is 12.5. The highest BCUT2D eigenvalue weighted by Gasteiger charge is 2.16. The van der Waals surface area contributed by atoms with Crippen LogP contribution in [-0.4, -0.2) is 39.6 Å². The molecule has 0 radical (unpaired) electrons. The molecule has 0 aliphatic heterocycles. The van der Waals surface area contributed by atoms with Crippen molar-refractivity contribution in [2.75, 3.05) is 26.2 Å². The minimum absolute atomic E-state index is 0.268. The van der Waals surface area contributed by atoms with E-state index in [1.54, 1.807) is 30.6 Å². The van der Waals surface area contributed by atoms with Crippen LogP contribution in [0.2, 0.25) is 0 Å². The number of hydrogen-bond donors (Lipinski definition) is 2. The second-order valence-electron chi connectivity index (χ2n) is 5.66. The van der Waals surface area contributed by atoms with E-state index in [1.807, 2.05) is 36.4 Å². The van der Waals surface area contributed by atoms with Crippen LogP contribution >= 0.6 is 0 Å². The zero-order valence-electron chi connectivity index (χ0n) is 14.3. The lowest BCUT2D eigenvalue weighted by Gasteiger charge is -2.10. The molecule has 0 bridgehead atoms. The van der Waals surface area contributed by atoms with Crippen LogP contribution in [0.25, 0.3) is 10.8 Å². The Labute approximate surface area is 153 Å². The van der Waals surface area contributed by atoms with Crippen LogP contribution in [0, 0.1) is 0 Å². The third-order valence-electron chi connectivity index (χ3n) is 3.81. The van der Waals surface area contributed by atoms with Crippen molar-refractivity contribution >= 4 is 20.8 Å². The molecule has 3 aromatic rings. The quantitative estimate of drug-likeness (QED) is 0.564. The topological polar surface area (TPSA) is 80.3 Å². The van der Waals surface area contributed by atoms with Crippen molar-refractivity contribution in [1.29, 1.82) is 0 Å². The van der Waals surface area contributed by atoms with Crippen LogP contribution in [0.5, 0.6) is 5.75 Å². The fourth-order valence-corrected chi connectivity index (χ4v) is 3.82. The van der Waals surface area contributed by atoms with E-state index in [0.717, 1.165) is 11.1 Å². The highest BCUT2D eigenvalue weighted by atomic mass is 32.2. The summed E-state index contributed by atoms with van der Waals surface area (Å²) in [7, 11) is -3.57. The third-order valence-corrected chi connectivity index (χ3v) is 5.33. The van der Waals surface area contributed by atoms with Gasteiger partial charge in [-0.05, 0) is 24.3 Å². The van der Waals surface area contributed by atoms with Crippen molar-refractivity contribution in [3.8, 4) is 5.75 Å². The fraction of sp³-hybridized carbons (Fsp3) is 0.211. The van der Waals surface area contributed by atoms with E-state index in [9.17, 15) is 8.42 Å².